The highest BCUT2D eigenvalue weighted by atomic mass is 32.1. The molecule has 0 bridgehead atoms. The lowest BCUT2D eigenvalue weighted by Gasteiger charge is -2.14. The summed E-state index contributed by atoms with van der Waals surface area (Å²) in [4.78, 5) is 23.9. The van der Waals surface area contributed by atoms with E-state index in [2.05, 4.69) is 16.0 Å². The monoisotopic (exact) mass is 393 g/mol. The van der Waals surface area contributed by atoms with Gasteiger partial charge in [-0.1, -0.05) is 12.1 Å². The van der Waals surface area contributed by atoms with Gasteiger partial charge in [0.15, 0.2) is 10.9 Å². The molecule has 1 amide bonds. The van der Waals surface area contributed by atoms with E-state index in [-0.39, 0.29) is 11.7 Å². The van der Waals surface area contributed by atoms with Gasteiger partial charge in [0.2, 0.25) is 0 Å². The molecule has 0 aliphatic heterocycles. The lowest BCUT2D eigenvalue weighted by Crippen LogP contribution is -2.26. The van der Waals surface area contributed by atoms with Crippen molar-refractivity contribution in [3.8, 4) is 0 Å². The molecule has 0 aliphatic carbocycles. The van der Waals surface area contributed by atoms with Gasteiger partial charge >= 0.3 is 0 Å². The maximum atomic E-state index is 12.5. The number of benzene rings is 2. The molecule has 0 atom stereocenters. The maximum Gasteiger partial charge on any atom is 0.253 e. The van der Waals surface area contributed by atoms with E-state index in [1.807, 2.05) is 6.07 Å². The SMILES string of the molecule is CC(=O)c1ccc(NC(=S)Nc2ccccc2C(=O)NCc2ccco2)cc1. The van der Waals surface area contributed by atoms with Crippen LogP contribution in [0.4, 0.5) is 11.4 Å². The zero-order valence-electron chi connectivity index (χ0n) is 15.2. The minimum Gasteiger partial charge on any atom is -0.467 e. The third-order valence-electron chi connectivity index (χ3n) is 3.97. The van der Waals surface area contributed by atoms with E-state index in [1.165, 1.54) is 6.92 Å². The van der Waals surface area contributed by atoms with Crippen molar-refractivity contribution in [1.82, 2.24) is 5.32 Å². The quantitative estimate of drug-likeness (QED) is 0.430. The van der Waals surface area contributed by atoms with Crippen LogP contribution in [0.3, 0.4) is 0 Å². The molecule has 0 unspecified atom stereocenters. The van der Waals surface area contributed by atoms with Gasteiger partial charge in [0.05, 0.1) is 24.1 Å². The predicted molar refractivity (Wildman–Crippen MR) is 113 cm³/mol. The first-order chi connectivity index (χ1) is 13.5. The van der Waals surface area contributed by atoms with Crippen molar-refractivity contribution in [3.05, 3.63) is 83.8 Å². The van der Waals surface area contributed by atoms with E-state index in [1.54, 1.807) is 60.9 Å². The Bertz CT molecular complexity index is 982. The van der Waals surface area contributed by atoms with Crippen LogP contribution in [0.5, 0.6) is 0 Å². The molecule has 3 rings (SSSR count). The number of Topliss-reactive ketones (excluding diaryl/α,β-unsaturated/α-hetero) is 1. The number of amides is 1. The molecule has 6 nitrogen and oxygen atoms in total. The van der Waals surface area contributed by atoms with Crippen LogP contribution in [-0.4, -0.2) is 16.8 Å². The summed E-state index contributed by atoms with van der Waals surface area (Å²) in [6.45, 7) is 1.81. The van der Waals surface area contributed by atoms with E-state index >= 15 is 0 Å². The fourth-order valence-electron chi connectivity index (χ4n) is 2.54. The molecule has 1 aromatic heterocycles. The Hall–Kier alpha value is -3.45. The van der Waals surface area contributed by atoms with Crippen LogP contribution in [-0.2, 0) is 6.54 Å². The number of carbonyl (C=O) groups is 2. The standard InChI is InChI=1S/C21H19N3O3S/c1-14(25)15-8-10-16(11-9-15)23-21(28)24-19-7-3-2-6-18(19)20(26)22-13-17-5-4-12-27-17/h2-12H,13H2,1H3,(H,22,26)(H2,23,24,28). The highest BCUT2D eigenvalue weighted by Gasteiger charge is 2.12. The van der Waals surface area contributed by atoms with Gasteiger partial charge in [-0.25, -0.2) is 0 Å². The van der Waals surface area contributed by atoms with Gasteiger partial charge < -0.3 is 20.4 Å². The van der Waals surface area contributed by atoms with Crippen molar-refractivity contribution >= 4 is 40.4 Å². The minimum absolute atomic E-state index is 0.00161. The lowest BCUT2D eigenvalue weighted by molar-refractivity contribution is 0.0948. The van der Waals surface area contributed by atoms with Crippen molar-refractivity contribution in [2.45, 2.75) is 13.5 Å². The highest BCUT2D eigenvalue weighted by Crippen LogP contribution is 2.17. The number of furan rings is 1. The Labute approximate surface area is 167 Å². The summed E-state index contributed by atoms with van der Waals surface area (Å²) in [5.41, 5.74) is 2.41. The normalized spacial score (nSPS) is 10.2. The van der Waals surface area contributed by atoms with Crippen molar-refractivity contribution < 1.29 is 14.0 Å². The van der Waals surface area contributed by atoms with Gasteiger partial charge in [0.1, 0.15) is 5.76 Å². The smallest absolute Gasteiger partial charge is 0.253 e. The average molecular weight is 393 g/mol. The fraction of sp³-hybridized carbons (Fsp3) is 0.0952. The number of para-hydroxylation sites is 1. The number of carbonyl (C=O) groups excluding carboxylic acids is 2. The van der Waals surface area contributed by atoms with E-state index in [0.717, 1.165) is 5.69 Å². The van der Waals surface area contributed by atoms with Crippen LogP contribution in [0.2, 0.25) is 0 Å². The molecule has 28 heavy (non-hydrogen) atoms. The van der Waals surface area contributed by atoms with Crippen LogP contribution >= 0.6 is 12.2 Å². The first-order valence-electron chi connectivity index (χ1n) is 8.61. The van der Waals surface area contributed by atoms with Gasteiger partial charge in [0.25, 0.3) is 5.91 Å². The third-order valence-corrected chi connectivity index (χ3v) is 4.18. The van der Waals surface area contributed by atoms with Crippen LogP contribution < -0.4 is 16.0 Å². The fourth-order valence-corrected chi connectivity index (χ4v) is 2.77. The van der Waals surface area contributed by atoms with Crippen molar-refractivity contribution in [3.63, 3.8) is 0 Å². The number of ketones is 1. The summed E-state index contributed by atoms with van der Waals surface area (Å²) in [5.74, 6) is 0.430. The minimum atomic E-state index is -0.242. The maximum absolute atomic E-state index is 12.5. The number of hydrogen-bond donors (Lipinski definition) is 3. The van der Waals surface area contributed by atoms with E-state index in [4.69, 9.17) is 16.6 Å². The summed E-state index contributed by atoms with van der Waals surface area (Å²) < 4.78 is 5.22. The van der Waals surface area contributed by atoms with E-state index in [9.17, 15) is 9.59 Å². The second kappa shape index (κ2) is 8.96. The molecule has 0 fully saturated rings. The summed E-state index contributed by atoms with van der Waals surface area (Å²) in [5, 5.41) is 9.23. The Balaban J connectivity index is 1.64. The van der Waals surface area contributed by atoms with Crippen LogP contribution in [0.1, 0.15) is 33.4 Å². The van der Waals surface area contributed by atoms with Crippen molar-refractivity contribution in [2.24, 2.45) is 0 Å². The highest BCUT2D eigenvalue weighted by molar-refractivity contribution is 7.80. The molecule has 0 saturated carbocycles. The van der Waals surface area contributed by atoms with Gasteiger partial charge in [-0.2, -0.15) is 0 Å². The summed E-state index contributed by atoms with van der Waals surface area (Å²) in [6, 6.07) is 17.6. The lowest BCUT2D eigenvalue weighted by atomic mass is 10.1. The predicted octanol–water partition coefficient (Wildman–Crippen LogP) is 4.22. The summed E-state index contributed by atoms with van der Waals surface area (Å²) >= 11 is 5.34. The molecule has 7 heteroatoms. The van der Waals surface area contributed by atoms with Gasteiger partial charge in [-0.3, -0.25) is 9.59 Å². The van der Waals surface area contributed by atoms with Crippen LogP contribution in [0.15, 0.2) is 71.3 Å². The number of rotatable bonds is 6. The first kappa shape index (κ1) is 19.3. The Morgan fingerprint density at radius 1 is 0.964 bits per heavy atom. The second-order valence-electron chi connectivity index (χ2n) is 6.02. The molecule has 0 radical (unpaired) electrons. The van der Waals surface area contributed by atoms with E-state index < -0.39 is 0 Å². The average Bonchev–Trinajstić information content (AvgIpc) is 3.20. The topological polar surface area (TPSA) is 83.4 Å². The zero-order valence-corrected chi connectivity index (χ0v) is 16.0. The number of anilines is 2. The molecule has 142 valence electrons. The molecule has 0 saturated heterocycles. The van der Waals surface area contributed by atoms with Crippen molar-refractivity contribution in [1.29, 1.82) is 0 Å². The Morgan fingerprint density at radius 3 is 2.39 bits per heavy atom. The number of thiocarbonyl (C=S) groups is 1. The Kier molecular flexibility index (Phi) is 6.18. The van der Waals surface area contributed by atoms with E-state index in [0.29, 0.717) is 34.2 Å². The summed E-state index contributed by atoms with van der Waals surface area (Å²) in [7, 11) is 0. The molecule has 3 aromatic rings. The molecular formula is C21H19N3O3S. The van der Waals surface area contributed by atoms with Gasteiger partial charge in [-0.05, 0) is 67.7 Å². The molecule has 2 aromatic carbocycles. The molecular weight excluding hydrogens is 374 g/mol. The number of nitrogens with one attached hydrogen (secondary N) is 3. The van der Waals surface area contributed by atoms with Crippen LogP contribution in [0.25, 0.3) is 0 Å². The molecule has 1 heterocycles. The van der Waals surface area contributed by atoms with Crippen molar-refractivity contribution in [2.75, 3.05) is 10.6 Å². The third kappa shape index (κ3) is 5.05. The zero-order chi connectivity index (χ0) is 19.9. The van der Waals surface area contributed by atoms with Gasteiger partial charge in [0, 0.05) is 11.3 Å². The molecule has 0 spiro atoms. The summed E-state index contributed by atoms with van der Waals surface area (Å²) in [6.07, 6.45) is 1.56. The first-order valence-corrected chi connectivity index (χ1v) is 9.02. The second-order valence-corrected chi connectivity index (χ2v) is 6.43. The number of hydrogen-bond acceptors (Lipinski definition) is 4. The Morgan fingerprint density at radius 2 is 1.71 bits per heavy atom. The largest absolute Gasteiger partial charge is 0.467 e. The molecule has 0 aliphatic rings. The van der Waals surface area contributed by atoms with Crippen LogP contribution in [0, 0.1) is 0 Å². The van der Waals surface area contributed by atoms with Gasteiger partial charge in [-0.15, -0.1) is 0 Å². The molecule has 3 N–H and O–H groups in total.